The second kappa shape index (κ2) is 9.97. The quantitative estimate of drug-likeness (QED) is 0.673. The highest BCUT2D eigenvalue weighted by molar-refractivity contribution is 5.68. The number of nitrogens with zero attached hydrogens (tertiary/aromatic N) is 3. The molecule has 1 aromatic heterocycles. The molecule has 0 amide bonds. The van der Waals surface area contributed by atoms with Crippen LogP contribution in [0.3, 0.4) is 0 Å². The number of aromatic nitrogens is 2. The van der Waals surface area contributed by atoms with Gasteiger partial charge in [0.05, 0.1) is 12.3 Å². The molecule has 0 fully saturated rings. The third-order valence-corrected chi connectivity index (χ3v) is 4.23. The minimum Gasteiger partial charge on any atom is -0.492 e. The molecule has 1 heterocycles. The molecular weight excluding hydrogens is 326 g/mol. The van der Waals surface area contributed by atoms with E-state index in [0.29, 0.717) is 19.1 Å². The lowest BCUT2D eigenvalue weighted by Crippen LogP contribution is -2.26. The van der Waals surface area contributed by atoms with Gasteiger partial charge in [0.2, 0.25) is 5.95 Å². The molecule has 2 rings (SSSR count). The van der Waals surface area contributed by atoms with Crippen LogP contribution in [0, 0.1) is 13.8 Å². The summed E-state index contributed by atoms with van der Waals surface area (Å²) in [5, 5.41) is 3.28. The summed E-state index contributed by atoms with van der Waals surface area (Å²) in [6, 6.07) is 6.22. The summed E-state index contributed by atoms with van der Waals surface area (Å²) in [5.74, 6) is 1.39. The zero-order chi connectivity index (χ0) is 18.9. The number of nitrogens with two attached hydrogens (primary N) is 1. The monoisotopic (exact) mass is 357 g/mol. The Morgan fingerprint density at radius 1 is 1.19 bits per heavy atom. The van der Waals surface area contributed by atoms with Gasteiger partial charge in [-0.3, -0.25) is 0 Å². The van der Waals surface area contributed by atoms with Gasteiger partial charge in [0, 0.05) is 36.7 Å². The van der Waals surface area contributed by atoms with E-state index >= 15 is 0 Å². The van der Waals surface area contributed by atoms with Crippen LogP contribution in [0.15, 0.2) is 24.4 Å². The Labute approximate surface area is 156 Å². The Morgan fingerprint density at radius 3 is 2.65 bits per heavy atom. The van der Waals surface area contributed by atoms with Crippen molar-refractivity contribution >= 4 is 17.3 Å². The summed E-state index contributed by atoms with van der Waals surface area (Å²) in [6.07, 6.45) is 3.89. The maximum Gasteiger partial charge on any atom is 0.227 e. The molecular formula is C20H31N5O. The van der Waals surface area contributed by atoms with Crippen molar-refractivity contribution in [1.29, 1.82) is 0 Å². The van der Waals surface area contributed by atoms with Crippen molar-refractivity contribution in [3.05, 3.63) is 35.7 Å². The summed E-state index contributed by atoms with van der Waals surface area (Å²) >= 11 is 0. The fraction of sp³-hybridized carbons (Fsp3) is 0.500. The predicted molar refractivity (Wildman–Crippen MR) is 109 cm³/mol. The molecule has 0 aliphatic carbocycles. The zero-order valence-electron chi connectivity index (χ0n) is 16.4. The van der Waals surface area contributed by atoms with Gasteiger partial charge in [-0.05, 0) is 57.9 Å². The van der Waals surface area contributed by atoms with Crippen molar-refractivity contribution in [2.24, 2.45) is 5.73 Å². The summed E-state index contributed by atoms with van der Waals surface area (Å²) in [6.45, 7) is 11.4. The van der Waals surface area contributed by atoms with Gasteiger partial charge in [0.25, 0.3) is 0 Å². The van der Waals surface area contributed by atoms with Gasteiger partial charge in [0.15, 0.2) is 0 Å². The van der Waals surface area contributed by atoms with Crippen molar-refractivity contribution in [2.45, 2.75) is 40.5 Å². The van der Waals surface area contributed by atoms with Crippen molar-refractivity contribution in [3.8, 4) is 5.75 Å². The van der Waals surface area contributed by atoms with Crippen LogP contribution in [-0.2, 0) is 0 Å². The molecule has 0 atom stereocenters. The lowest BCUT2D eigenvalue weighted by atomic mass is 10.2. The van der Waals surface area contributed by atoms with Crippen molar-refractivity contribution < 1.29 is 4.74 Å². The van der Waals surface area contributed by atoms with E-state index in [-0.39, 0.29) is 0 Å². The highest BCUT2D eigenvalue weighted by atomic mass is 16.5. The fourth-order valence-electron chi connectivity index (χ4n) is 2.72. The second-order valence-corrected chi connectivity index (χ2v) is 6.33. The standard InChI is InChI=1S/C20H31N5O/c1-5-11-25(12-7-10-21)17-8-9-18(19(13-17)26-6-2)24-20-22-14-15(3)16(4)23-20/h8-9,13-14H,5-7,10-12,21H2,1-4H3,(H,22,23,24). The number of aryl methyl sites for hydroxylation is 2. The molecule has 3 N–H and O–H groups in total. The van der Waals surface area contributed by atoms with E-state index in [2.05, 4.69) is 39.2 Å². The number of hydrogen-bond acceptors (Lipinski definition) is 6. The number of ether oxygens (including phenoxy) is 1. The van der Waals surface area contributed by atoms with Gasteiger partial charge in [-0.15, -0.1) is 0 Å². The van der Waals surface area contributed by atoms with Gasteiger partial charge in [0.1, 0.15) is 5.75 Å². The Hall–Kier alpha value is -2.34. The molecule has 2 aromatic rings. The molecule has 0 spiro atoms. The van der Waals surface area contributed by atoms with Gasteiger partial charge in [-0.25, -0.2) is 9.97 Å². The normalized spacial score (nSPS) is 10.7. The number of rotatable bonds is 10. The number of hydrogen-bond donors (Lipinski definition) is 2. The van der Waals surface area contributed by atoms with Gasteiger partial charge >= 0.3 is 0 Å². The van der Waals surface area contributed by atoms with Crippen LogP contribution in [0.1, 0.15) is 37.9 Å². The molecule has 1 aromatic carbocycles. The first kappa shape index (κ1) is 20.0. The Kier molecular flexibility index (Phi) is 7.66. The highest BCUT2D eigenvalue weighted by Crippen LogP contribution is 2.32. The van der Waals surface area contributed by atoms with Gasteiger partial charge < -0.3 is 20.7 Å². The van der Waals surface area contributed by atoms with Gasteiger partial charge in [-0.2, -0.15) is 0 Å². The minimum atomic E-state index is 0.579. The van der Waals surface area contributed by atoms with E-state index in [0.717, 1.165) is 54.3 Å². The molecule has 6 heteroatoms. The molecule has 0 bridgehead atoms. The highest BCUT2D eigenvalue weighted by Gasteiger charge is 2.11. The number of anilines is 3. The third-order valence-electron chi connectivity index (χ3n) is 4.23. The summed E-state index contributed by atoms with van der Waals surface area (Å²) in [7, 11) is 0. The Bertz CT molecular complexity index is 705. The smallest absolute Gasteiger partial charge is 0.227 e. The average Bonchev–Trinajstić information content (AvgIpc) is 2.63. The lowest BCUT2D eigenvalue weighted by molar-refractivity contribution is 0.342. The van der Waals surface area contributed by atoms with E-state index in [1.165, 1.54) is 0 Å². The predicted octanol–water partition coefficient (Wildman–Crippen LogP) is 3.80. The third kappa shape index (κ3) is 5.33. The van der Waals surface area contributed by atoms with Gasteiger partial charge in [-0.1, -0.05) is 6.92 Å². The Morgan fingerprint density at radius 2 is 2.00 bits per heavy atom. The topological polar surface area (TPSA) is 76.3 Å². The maximum absolute atomic E-state index is 5.87. The minimum absolute atomic E-state index is 0.579. The molecule has 0 unspecified atom stereocenters. The van der Waals surface area contributed by atoms with Crippen LogP contribution < -0.4 is 20.7 Å². The van der Waals surface area contributed by atoms with E-state index in [1.54, 1.807) is 0 Å². The molecule has 0 saturated carbocycles. The fourth-order valence-corrected chi connectivity index (χ4v) is 2.72. The first-order valence-electron chi connectivity index (χ1n) is 9.38. The van der Waals surface area contributed by atoms with E-state index < -0.39 is 0 Å². The van der Waals surface area contributed by atoms with Crippen molar-refractivity contribution in [3.63, 3.8) is 0 Å². The van der Waals surface area contributed by atoms with Crippen LogP contribution in [-0.4, -0.2) is 36.2 Å². The summed E-state index contributed by atoms with van der Waals surface area (Å²) < 4.78 is 5.87. The zero-order valence-corrected chi connectivity index (χ0v) is 16.4. The van der Waals surface area contributed by atoms with Crippen molar-refractivity contribution in [1.82, 2.24) is 9.97 Å². The van der Waals surface area contributed by atoms with Crippen LogP contribution in [0.5, 0.6) is 5.75 Å². The Balaban J connectivity index is 2.27. The van der Waals surface area contributed by atoms with Crippen LogP contribution in [0.4, 0.5) is 17.3 Å². The SMILES string of the molecule is CCCN(CCCN)c1ccc(Nc2ncc(C)c(C)n2)c(OCC)c1. The number of benzene rings is 1. The first-order valence-corrected chi connectivity index (χ1v) is 9.38. The largest absolute Gasteiger partial charge is 0.492 e. The maximum atomic E-state index is 5.87. The van der Waals surface area contributed by atoms with Crippen LogP contribution in [0.25, 0.3) is 0 Å². The molecule has 0 aliphatic heterocycles. The van der Waals surface area contributed by atoms with E-state index in [9.17, 15) is 0 Å². The number of nitrogens with one attached hydrogen (secondary N) is 1. The molecule has 0 radical (unpaired) electrons. The van der Waals surface area contributed by atoms with E-state index in [1.807, 2.05) is 33.0 Å². The van der Waals surface area contributed by atoms with E-state index in [4.69, 9.17) is 10.5 Å². The first-order chi connectivity index (χ1) is 12.6. The lowest BCUT2D eigenvalue weighted by Gasteiger charge is -2.25. The molecule has 6 nitrogen and oxygen atoms in total. The molecule has 0 aliphatic rings. The summed E-state index contributed by atoms with van der Waals surface area (Å²) in [4.78, 5) is 11.2. The summed E-state index contributed by atoms with van der Waals surface area (Å²) in [5.41, 5.74) is 9.74. The average molecular weight is 358 g/mol. The molecule has 142 valence electrons. The second-order valence-electron chi connectivity index (χ2n) is 6.33. The molecule has 0 saturated heterocycles. The molecule has 26 heavy (non-hydrogen) atoms. The van der Waals surface area contributed by atoms with Crippen molar-refractivity contribution in [2.75, 3.05) is 36.5 Å². The van der Waals surface area contributed by atoms with Crippen LogP contribution in [0.2, 0.25) is 0 Å². The van der Waals surface area contributed by atoms with Crippen LogP contribution >= 0.6 is 0 Å².